The van der Waals surface area contributed by atoms with Gasteiger partial charge in [-0.05, 0) is 86.9 Å². The molecule has 2 nitrogen and oxygen atoms in total. The molecule has 2 unspecified atom stereocenters. The third-order valence-electron chi connectivity index (χ3n) is 7.68. The molecule has 0 fully saturated rings. The second kappa shape index (κ2) is 10.1. The normalized spacial score (nSPS) is 14.1. The van der Waals surface area contributed by atoms with Gasteiger partial charge in [-0.1, -0.05) is 82.3 Å². The van der Waals surface area contributed by atoms with Crippen LogP contribution in [0.25, 0.3) is 28.2 Å². The minimum absolute atomic E-state index is 0.141. The summed E-state index contributed by atoms with van der Waals surface area (Å²) in [5, 5.41) is 0.161. The van der Waals surface area contributed by atoms with Crippen molar-refractivity contribution in [3.8, 4) is 28.2 Å². The SMILES string of the molecule is CCP(C)C(C)(CC)c1ccccc1-c1nccn1-c1c(C)cc(-c2cc(C)cc(C)c2)cc1C. The van der Waals surface area contributed by atoms with Gasteiger partial charge in [0.15, 0.2) is 0 Å². The van der Waals surface area contributed by atoms with Gasteiger partial charge in [-0.2, -0.15) is 0 Å². The molecular weight excluding hydrogens is 443 g/mol. The summed E-state index contributed by atoms with van der Waals surface area (Å²) in [6.07, 6.45) is 6.42. The Bertz CT molecular complexity index is 1310. The van der Waals surface area contributed by atoms with E-state index < -0.39 is 0 Å². The van der Waals surface area contributed by atoms with Crippen molar-refractivity contribution >= 4 is 7.92 Å². The summed E-state index contributed by atoms with van der Waals surface area (Å²) in [5.74, 6) is 1.03. The number of hydrogen-bond donors (Lipinski definition) is 0. The predicted octanol–water partition coefficient (Wildman–Crippen LogP) is 9.20. The van der Waals surface area contributed by atoms with Crippen LogP contribution in [0.1, 0.15) is 55.0 Å². The quantitative estimate of drug-likeness (QED) is 0.240. The van der Waals surface area contributed by atoms with Gasteiger partial charge in [-0.25, -0.2) is 4.98 Å². The van der Waals surface area contributed by atoms with Gasteiger partial charge >= 0.3 is 0 Å². The van der Waals surface area contributed by atoms with Crippen LogP contribution in [0.2, 0.25) is 0 Å². The third-order valence-corrected chi connectivity index (χ3v) is 10.9. The third kappa shape index (κ3) is 4.74. The number of rotatable bonds is 7. The Kier molecular flexibility index (Phi) is 7.34. The molecule has 1 heterocycles. The molecule has 0 amide bonds. The van der Waals surface area contributed by atoms with Crippen LogP contribution in [0.5, 0.6) is 0 Å². The molecule has 0 aliphatic heterocycles. The standard InChI is InChI=1S/C32H39N2P/c1-9-32(7,35(8)10-2)29-14-12-11-13-28(29)31-33-15-16-34(31)30-24(5)20-27(21-25(30)6)26-18-22(3)17-23(4)19-26/h11-21H,9-10H2,1-8H3. The van der Waals surface area contributed by atoms with Gasteiger partial charge in [0, 0.05) is 23.1 Å². The number of imidazole rings is 1. The molecule has 0 aliphatic carbocycles. The highest BCUT2D eigenvalue weighted by Gasteiger charge is 2.33. The van der Waals surface area contributed by atoms with Crippen molar-refractivity contribution in [1.82, 2.24) is 9.55 Å². The highest BCUT2D eigenvalue weighted by molar-refractivity contribution is 7.58. The molecule has 3 aromatic carbocycles. The summed E-state index contributed by atoms with van der Waals surface area (Å²) < 4.78 is 2.30. The fraction of sp³-hybridized carbons (Fsp3) is 0.344. The summed E-state index contributed by atoms with van der Waals surface area (Å²) in [5.41, 5.74) is 11.6. The van der Waals surface area contributed by atoms with Gasteiger partial charge in [-0.15, -0.1) is 0 Å². The summed E-state index contributed by atoms with van der Waals surface area (Å²) in [4.78, 5) is 4.91. The van der Waals surface area contributed by atoms with E-state index in [4.69, 9.17) is 4.98 Å². The maximum atomic E-state index is 4.91. The van der Waals surface area contributed by atoms with Gasteiger partial charge in [0.2, 0.25) is 0 Å². The Morgan fingerprint density at radius 2 is 1.46 bits per heavy atom. The van der Waals surface area contributed by atoms with Crippen molar-refractivity contribution in [2.75, 3.05) is 12.8 Å². The summed E-state index contributed by atoms with van der Waals surface area (Å²) in [6.45, 7) is 18.3. The van der Waals surface area contributed by atoms with E-state index in [-0.39, 0.29) is 13.1 Å². The summed E-state index contributed by atoms with van der Waals surface area (Å²) in [7, 11) is -0.141. The zero-order chi connectivity index (χ0) is 25.3. The second-order valence-electron chi connectivity index (χ2n) is 10.1. The van der Waals surface area contributed by atoms with Gasteiger partial charge in [0.05, 0.1) is 5.69 Å². The van der Waals surface area contributed by atoms with E-state index in [9.17, 15) is 0 Å². The van der Waals surface area contributed by atoms with Crippen molar-refractivity contribution in [3.05, 3.63) is 94.8 Å². The summed E-state index contributed by atoms with van der Waals surface area (Å²) in [6, 6.07) is 20.4. The van der Waals surface area contributed by atoms with E-state index in [0.29, 0.717) is 0 Å². The van der Waals surface area contributed by atoms with Crippen LogP contribution in [0.15, 0.2) is 67.0 Å². The molecular formula is C32H39N2P. The highest BCUT2D eigenvalue weighted by Crippen LogP contribution is 2.56. The van der Waals surface area contributed by atoms with Crippen LogP contribution in [0, 0.1) is 27.7 Å². The lowest BCUT2D eigenvalue weighted by Crippen LogP contribution is -2.21. The molecule has 0 N–H and O–H groups in total. The monoisotopic (exact) mass is 482 g/mol. The lowest BCUT2D eigenvalue weighted by Gasteiger charge is -2.37. The van der Waals surface area contributed by atoms with Crippen LogP contribution in [-0.4, -0.2) is 22.4 Å². The van der Waals surface area contributed by atoms with Crippen LogP contribution in [0.3, 0.4) is 0 Å². The van der Waals surface area contributed by atoms with Crippen molar-refractivity contribution < 1.29 is 0 Å². The Labute approximate surface area is 213 Å². The molecule has 0 bridgehead atoms. The van der Waals surface area contributed by atoms with Crippen LogP contribution in [0.4, 0.5) is 0 Å². The molecule has 2 atom stereocenters. The van der Waals surface area contributed by atoms with Crippen molar-refractivity contribution in [1.29, 1.82) is 0 Å². The largest absolute Gasteiger partial charge is 0.299 e. The molecule has 0 spiro atoms. The molecule has 35 heavy (non-hydrogen) atoms. The molecule has 4 rings (SSSR count). The second-order valence-corrected chi connectivity index (χ2v) is 13.2. The minimum Gasteiger partial charge on any atom is -0.299 e. The van der Waals surface area contributed by atoms with Crippen LogP contribution < -0.4 is 0 Å². The first kappa shape index (κ1) is 25.4. The number of nitrogens with zero attached hydrogens (tertiary/aromatic N) is 2. The number of hydrogen-bond acceptors (Lipinski definition) is 1. The van der Waals surface area contributed by atoms with E-state index in [1.54, 1.807) is 0 Å². The topological polar surface area (TPSA) is 17.8 Å². The van der Waals surface area contributed by atoms with E-state index in [1.807, 2.05) is 6.20 Å². The average molecular weight is 483 g/mol. The average Bonchev–Trinajstić information content (AvgIpc) is 3.31. The smallest absolute Gasteiger partial charge is 0.144 e. The number of benzene rings is 3. The van der Waals surface area contributed by atoms with E-state index in [2.05, 4.69) is 120 Å². The molecule has 182 valence electrons. The first-order chi connectivity index (χ1) is 16.7. The lowest BCUT2D eigenvalue weighted by atomic mass is 9.92. The van der Waals surface area contributed by atoms with E-state index >= 15 is 0 Å². The van der Waals surface area contributed by atoms with Gasteiger partial charge < -0.3 is 0 Å². The van der Waals surface area contributed by atoms with Gasteiger partial charge in [0.1, 0.15) is 5.82 Å². The maximum Gasteiger partial charge on any atom is 0.144 e. The number of aryl methyl sites for hydroxylation is 4. The lowest BCUT2D eigenvalue weighted by molar-refractivity contribution is 0.650. The Morgan fingerprint density at radius 3 is 2.06 bits per heavy atom. The van der Waals surface area contributed by atoms with Gasteiger partial charge in [0.25, 0.3) is 0 Å². The van der Waals surface area contributed by atoms with Crippen molar-refractivity contribution in [2.45, 2.75) is 60.0 Å². The van der Waals surface area contributed by atoms with E-state index in [1.165, 1.54) is 56.4 Å². The highest BCUT2D eigenvalue weighted by atomic mass is 31.1. The Balaban J connectivity index is 1.86. The summed E-state index contributed by atoms with van der Waals surface area (Å²) >= 11 is 0. The predicted molar refractivity (Wildman–Crippen MR) is 154 cm³/mol. The zero-order valence-electron chi connectivity index (χ0n) is 22.6. The molecule has 0 saturated carbocycles. The van der Waals surface area contributed by atoms with Crippen molar-refractivity contribution in [3.63, 3.8) is 0 Å². The first-order valence-corrected chi connectivity index (χ1v) is 14.7. The molecule has 1 aromatic heterocycles. The van der Waals surface area contributed by atoms with Crippen LogP contribution >= 0.6 is 7.92 Å². The molecule has 0 radical (unpaired) electrons. The molecule has 4 aromatic rings. The molecule has 0 saturated heterocycles. The zero-order valence-corrected chi connectivity index (χ0v) is 23.5. The first-order valence-electron chi connectivity index (χ1n) is 12.7. The van der Waals surface area contributed by atoms with Gasteiger partial charge in [-0.3, -0.25) is 4.57 Å². The Hall–Kier alpha value is -2.70. The minimum atomic E-state index is -0.141. The number of aromatic nitrogens is 2. The van der Waals surface area contributed by atoms with Crippen LogP contribution in [-0.2, 0) is 5.16 Å². The fourth-order valence-corrected chi connectivity index (χ4v) is 7.33. The van der Waals surface area contributed by atoms with E-state index in [0.717, 1.165) is 12.2 Å². The maximum absolute atomic E-state index is 4.91. The fourth-order valence-electron chi connectivity index (χ4n) is 5.49. The Morgan fingerprint density at radius 1 is 0.857 bits per heavy atom. The molecule has 3 heteroatoms. The van der Waals surface area contributed by atoms with Crippen molar-refractivity contribution in [2.24, 2.45) is 0 Å². The molecule has 0 aliphatic rings.